The highest BCUT2D eigenvalue weighted by molar-refractivity contribution is 6.01. The van der Waals surface area contributed by atoms with E-state index in [-0.39, 0.29) is 35.9 Å². The number of carboxylic acids is 1. The van der Waals surface area contributed by atoms with E-state index < -0.39 is 16.8 Å². The first kappa shape index (κ1) is 16.4. The van der Waals surface area contributed by atoms with Gasteiger partial charge in [0, 0.05) is 18.7 Å². The van der Waals surface area contributed by atoms with Crippen molar-refractivity contribution in [1.29, 1.82) is 0 Å². The average Bonchev–Trinajstić information content (AvgIpc) is 2.37. The summed E-state index contributed by atoms with van der Waals surface area (Å²) < 4.78 is 0. The van der Waals surface area contributed by atoms with E-state index in [1.165, 1.54) is 23.1 Å². The number of benzene rings is 1. The van der Waals surface area contributed by atoms with Gasteiger partial charge in [-0.05, 0) is 19.9 Å². The second kappa shape index (κ2) is 6.69. The van der Waals surface area contributed by atoms with Gasteiger partial charge in [0.2, 0.25) is 0 Å². The third-order valence-electron chi connectivity index (χ3n) is 2.96. The van der Waals surface area contributed by atoms with Crippen LogP contribution in [0.2, 0.25) is 0 Å². The summed E-state index contributed by atoms with van der Waals surface area (Å²) in [5.41, 5.74) is 5.12. The lowest BCUT2D eigenvalue weighted by atomic mass is 10.1. The number of hydrogen-bond acceptors (Lipinski definition) is 5. The highest BCUT2D eigenvalue weighted by Gasteiger charge is 2.25. The highest BCUT2D eigenvalue weighted by atomic mass is 16.6. The van der Waals surface area contributed by atoms with Crippen molar-refractivity contribution in [3.8, 4) is 0 Å². The molecule has 0 spiro atoms. The molecule has 3 N–H and O–H groups in total. The van der Waals surface area contributed by atoms with Crippen LogP contribution in [0.15, 0.2) is 18.2 Å². The molecule has 0 aliphatic rings. The lowest BCUT2D eigenvalue weighted by Gasteiger charge is -2.26. The van der Waals surface area contributed by atoms with Crippen LogP contribution >= 0.6 is 0 Å². The molecule has 0 aromatic heterocycles. The number of hydrogen-bond donors (Lipinski definition) is 2. The van der Waals surface area contributed by atoms with Crippen molar-refractivity contribution in [3.63, 3.8) is 0 Å². The topological polar surface area (TPSA) is 127 Å². The third kappa shape index (κ3) is 3.91. The molecule has 0 radical (unpaired) electrons. The molecule has 1 aromatic rings. The van der Waals surface area contributed by atoms with Crippen LogP contribution < -0.4 is 5.73 Å². The summed E-state index contributed by atoms with van der Waals surface area (Å²) in [6, 6.07) is 3.72. The summed E-state index contributed by atoms with van der Waals surface area (Å²) >= 11 is 0. The number of carboxylic acid groups (broad SMARTS) is 1. The van der Waals surface area contributed by atoms with Crippen molar-refractivity contribution < 1.29 is 19.6 Å². The first-order chi connectivity index (χ1) is 9.75. The number of amides is 1. The maximum atomic E-state index is 12.4. The van der Waals surface area contributed by atoms with Crippen LogP contribution in [0.4, 0.5) is 11.4 Å². The smallest absolute Gasteiger partial charge is 0.305 e. The van der Waals surface area contributed by atoms with Gasteiger partial charge in [0.15, 0.2) is 0 Å². The number of carbonyl (C=O) groups is 2. The Labute approximate surface area is 121 Å². The van der Waals surface area contributed by atoms with Gasteiger partial charge in [0.05, 0.1) is 16.9 Å². The van der Waals surface area contributed by atoms with Crippen molar-refractivity contribution >= 4 is 23.3 Å². The zero-order valence-corrected chi connectivity index (χ0v) is 11.8. The zero-order valence-electron chi connectivity index (χ0n) is 11.8. The lowest BCUT2D eigenvalue weighted by molar-refractivity contribution is -0.383. The Balaban J connectivity index is 3.12. The minimum Gasteiger partial charge on any atom is -0.481 e. The van der Waals surface area contributed by atoms with E-state index in [0.29, 0.717) is 0 Å². The molecule has 0 bridgehead atoms. The third-order valence-corrected chi connectivity index (χ3v) is 2.96. The van der Waals surface area contributed by atoms with E-state index in [4.69, 9.17) is 10.8 Å². The van der Waals surface area contributed by atoms with Crippen LogP contribution in [0.25, 0.3) is 0 Å². The summed E-state index contributed by atoms with van der Waals surface area (Å²) in [4.78, 5) is 34.6. The van der Waals surface area contributed by atoms with Crippen LogP contribution in [0.5, 0.6) is 0 Å². The lowest BCUT2D eigenvalue weighted by Crippen LogP contribution is -2.38. The summed E-state index contributed by atoms with van der Waals surface area (Å²) in [6.07, 6.45) is -0.210. The molecule has 0 aliphatic carbocycles. The van der Waals surface area contributed by atoms with Gasteiger partial charge in [-0.25, -0.2) is 0 Å². The molecule has 1 amide bonds. The second-order valence-corrected chi connectivity index (χ2v) is 4.73. The molecule has 0 heterocycles. The standard InChI is InChI=1S/C13H17N3O5/c1-8(2)15(7-6-11(17)18)13(19)9-4-3-5-10(12(9)14)16(20)21/h3-5,8H,6-7,14H2,1-2H3,(H,17,18). The number of nitro groups is 1. The first-order valence-corrected chi connectivity index (χ1v) is 6.31. The van der Waals surface area contributed by atoms with Crippen LogP contribution in [-0.2, 0) is 4.79 Å². The number of aliphatic carboxylic acids is 1. The number of carbonyl (C=O) groups excluding carboxylic acids is 1. The molecule has 0 atom stereocenters. The number of rotatable bonds is 6. The molecule has 8 nitrogen and oxygen atoms in total. The highest BCUT2D eigenvalue weighted by Crippen LogP contribution is 2.26. The predicted octanol–water partition coefficient (Wildman–Crippen LogP) is 1.50. The van der Waals surface area contributed by atoms with Gasteiger partial charge in [-0.1, -0.05) is 6.07 Å². The van der Waals surface area contributed by atoms with E-state index in [1.54, 1.807) is 13.8 Å². The minimum absolute atomic E-state index is 0.00305. The van der Waals surface area contributed by atoms with Gasteiger partial charge in [0.1, 0.15) is 5.69 Å². The van der Waals surface area contributed by atoms with Crippen molar-refractivity contribution in [1.82, 2.24) is 4.90 Å². The fourth-order valence-corrected chi connectivity index (χ4v) is 1.86. The molecule has 1 aromatic carbocycles. The molecule has 1 rings (SSSR count). The summed E-state index contributed by atoms with van der Waals surface area (Å²) in [6.45, 7) is 3.47. The van der Waals surface area contributed by atoms with E-state index in [9.17, 15) is 19.7 Å². The molecular formula is C13H17N3O5. The molecule has 0 aliphatic heterocycles. The Bertz CT molecular complexity index is 571. The summed E-state index contributed by atoms with van der Waals surface area (Å²) in [7, 11) is 0. The quantitative estimate of drug-likeness (QED) is 0.465. The molecular weight excluding hydrogens is 278 g/mol. The summed E-state index contributed by atoms with van der Waals surface area (Å²) in [5, 5.41) is 19.6. The van der Waals surface area contributed by atoms with E-state index in [1.807, 2.05) is 0 Å². The molecule has 0 saturated carbocycles. The molecule has 21 heavy (non-hydrogen) atoms. The molecule has 8 heteroatoms. The fourth-order valence-electron chi connectivity index (χ4n) is 1.86. The number of anilines is 1. The van der Waals surface area contributed by atoms with Gasteiger partial charge in [-0.15, -0.1) is 0 Å². The number of para-hydroxylation sites is 1. The van der Waals surface area contributed by atoms with Crippen LogP contribution in [0.1, 0.15) is 30.6 Å². The van der Waals surface area contributed by atoms with Gasteiger partial charge < -0.3 is 15.7 Å². The van der Waals surface area contributed by atoms with E-state index in [2.05, 4.69) is 0 Å². The normalized spacial score (nSPS) is 10.4. The largest absolute Gasteiger partial charge is 0.481 e. The predicted molar refractivity (Wildman–Crippen MR) is 75.9 cm³/mol. The van der Waals surface area contributed by atoms with Gasteiger partial charge >= 0.3 is 5.97 Å². The number of nitrogen functional groups attached to an aromatic ring is 1. The monoisotopic (exact) mass is 295 g/mol. The Morgan fingerprint density at radius 3 is 2.52 bits per heavy atom. The van der Waals surface area contributed by atoms with E-state index in [0.717, 1.165) is 0 Å². The number of nitrogens with two attached hydrogens (primary N) is 1. The zero-order chi connectivity index (χ0) is 16.2. The molecule has 0 fully saturated rings. The van der Waals surface area contributed by atoms with Crippen molar-refractivity contribution in [2.45, 2.75) is 26.3 Å². The van der Waals surface area contributed by atoms with Gasteiger partial charge in [-0.2, -0.15) is 0 Å². The Hall–Kier alpha value is -2.64. The second-order valence-electron chi connectivity index (χ2n) is 4.73. The fraction of sp³-hybridized carbons (Fsp3) is 0.385. The molecule has 114 valence electrons. The Morgan fingerprint density at radius 1 is 1.43 bits per heavy atom. The number of nitrogens with zero attached hydrogens (tertiary/aromatic N) is 2. The van der Waals surface area contributed by atoms with Crippen LogP contribution in [-0.4, -0.2) is 39.4 Å². The maximum Gasteiger partial charge on any atom is 0.305 e. The van der Waals surface area contributed by atoms with Gasteiger partial charge in [-0.3, -0.25) is 19.7 Å². The molecule has 0 unspecified atom stereocenters. The van der Waals surface area contributed by atoms with Gasteiger partial charge in [0.25, 0.3) is 11.6 Å². The van der Waals surface area contributed by atoms with Crippen molar-refractivity contribution in [2.24, 2.45) is 0 Å². The Kier molecular flexibility index (Phi) is 5.23. The van der Waals surface area contributed by atoms with E-state index >= 15 is 0 Å². The Morgan fingerprint density at radius 2 is 2.05 bits per heavy atom. The molecule has 0 saturated heterocycles. The first-order valence-electron chi connectivity index (χ1n) is 6.31. The van der Waals surface area contributed by atoms with Crippen molar-refractivity contribution in [2.75, 3.05) is 12.3 Å². The number of nitro benzene ring substituents is 1. The summed E-state index contributed by atoms with van der Waals surface area (Å²) in [5.74, 6) is -1.55. The van der Waals surface area contributed by atoms with Crippen LogP contribution in [0.3, 0.4) is 0 Å². The van der Waals surface area contributed by atoms with Crippen molar-refractivity contribution in [3.05, 3.63) is 33.9 Å². The minimum atomic E-state index is -1.03. The maximum absolute atomic E-state index is 12.4. The SMILES string of the molecule is CC(C)N(CCC(=O)O)C(=O)c1cccc([N+](=O)[O-])c1N. The van der Waals surface area contributed by atoms with Crippen LogP contribution in [0, 0.1) is 10.1 Å². The average molecular weight is 295 g/mol.